The molecule has 3 heteroatoms. The fraction of sp³-hybridized carbons (Fsp3) is 0.123. The number of para-hydroxylation sites is 4. The fourth-order valence-electron chi connectivity index (χ4n) is 14.0. The summed E-state index contributed by atoms with van der Waals surface area (Å²) in [5.74, 6) is 0. The smallest absolute Gasteiger partial charge is 0.247 e. The van der Waals surface area contributed by atoms with E-state index in [0.717, 1.165) is 19.3 Å². The van der Waals surface area contributed by atoms with Crippen LogP contribution in [0, 0.1) is 0 Å². The van der Waals surface area contributed by atoms with Gasteiger partial charge in [-0.2, -0.15) is 0 Å². The molecule has 2 atom stereocenters. The first-order chi connectivity index (χ1) is 29.7. The van der Waals surface area contributed by atoms with E-state index >= 15 is 0 Å². The molecule has 7 aromatic rings. The molecular formula is C57H39BN2. The second-order valence-electron chi connectivity index (χ2n) is 18.2. The van der Waals surface area contributed by atoms with Gasteiger partial charge in [-0.3, -0.25) is 0 Å². The van der Waals surface area contributed by atoms with Crippen LogP contribution in [0.1, 0.15) is 70.7 Å². The van der Waals surface area contributed by atoms with Gasteiger partial charge in [-0.1, -0.05) is 163 Å². The highest BCUT2D eigenvalue weighted by Gasteiger charge is 2.60. The van der Waals surface area contributed by atoms with Crippen molar-refractivity contribution in [3.05, 3.63) is 243 Å². The Labute approximate surface area is 351 Å². The summed E-state index contributed by atoms with van der Waals surface area (Å²) in [7, 11) is 0. The van der Waals surface area contributed by atoms with Crippen LogP contribution in [0.4, 0.5) is 22.7 Å². The van der Waals surface area contributed by atoms with Gasteiger partial charge in [0.25, 0.3) is 0 Å². The Morgan fingerprint density at radius 1 is 0.533 bits per heavy atom. The van der Waals surface area contributed by atoms with Crippen molar-refractivity contribution in [2.24, 2.45) is 0 Å². The predicted octanol–water partition coefficient (Wildman–Crippen LogP) is 11.6. The molecule has 2 nitrogen and oxygen atoms in total. The first-order valence-corrected chi connectivity index (χ1v) is 21.9. The number of anilines is 4. The molecule has 2 unspecified atom stereocenters. The molecule has 15 rings (SSSR count). The molecule has 280 valence electrons. The van der Waals surface area contributed by atoms with E-state index in [2.05, 4.69) is 193 Å². The van der Waals surface area contributed by atoms with Gasteiger partial charge >= 0.3 is 0 Å². The number of rotatable bonds is 0. The van der Waals surface area contributed by atoms with Crippen LogP contribution in [-0.2, 0) is 10.8 Å². The molecule has 0 radical (unpaired) electrons. The fourth-order valence-corrected chi connectivity index (χ4v) is 14.0. The molecule has 0 fully saturated rings. The zero-order valence-electron chi connectivity index (χ0n) is 33.4. The van der Waals surface area contributed by atoms with Crippen LogP contribution in [-0.4, -0.2) is 12.8 Å². The minimum atomic E-state index is -0.431. The number of fused-ring (bicyclic) bond motifs is 21. The van der Waals surface area contributed by atoms with E-state index in [4.69, 9.17) is 0 Å². The molecule has 0 bridgehead atoms. The van der Waals surface area contributed by atoms with Crippen molar-refractivity contribution < 1.29 is 0 Å². The second-order valence-corrected chi connectivity index (χ2v) is 18.2. The summed E-state index contributed by atoms with van der Waals surface area (Å²) in [6.45, 7) is 2.48. The lowest BCUT2D eigenvalue weighted by molar-refractivity contribution is 0.667. The summed E-state index contributed by atoms with van der Waals surface area (Å²) >= 11 is 0. The van der Waals surface area contributed by atoms with Gasteiger partial charge in [0.2, 0.25) is 6.71 Å². The lowest BCUT2D eigenvalue weighted by Gasteiger charge is -2.57. The first kappa shape index (κ1) is 32.1. The van der Waals surface area contributed by atoms with E-state index in [1.807, 2.05) is 0 Å². The molecule has 0 saturated carbocycles. The third-order valence-corrected chi connectivity index (χ3v) is 15.8. The highest BCUT2D eigenvalue weighted by molar-refractivity contribution is 6.94. The van der Waals surface area contributed by atoms with E-state index in [0.29, 0.717) is 0 Å². The maximum Gasteiger partial charge on any atom is 0.247 e. The zero-order chi connectivity index (χ0) is 39.1. The lowest BCUT2D eigenvalue weighted by Crippen LogP contribution is -2.63. The average Bonchev–Trinajstić information content (AvgIpc) is 3.76. The van der Waals surface area contributed by atoms with E-state index in [1.54, 1.807) is 5.57 Å². The van der Waals surface area contributed by atoms with E-state index < -0.39 is 5.41 Å². The SMILES string of the molecule is CC1=CC2=C3B(c4cccc5c4N2c2ccccc2C52C4=C(C=CCC4)c4ccccc42)c2cccc4c2N(c2ccccc2C42c4ccccc4-c4ccccc42)C3C1. The molecule has 4 heterocycles. The van der Waals surface area contributed by atoms with Crippen molar-refractivity contribution in [3.8, 4) is 11.1 Å². The third-order valence-electron chi connectivity index (χ3n) is 15.8. The lowest BCUT2D eigenvalue weighted by atomic mass is 9.30. The van der Waals surface area contributed by atoms with Gasteiger partial charge in [0.15, 0.2) is 0 Å². The van der Waals surface area contributed by atoms with Gasteiger partial charge in [0.05, 0.1) is 22.6 Å². The zero-order valence-corrected chi connectivity index (χ0v) is 33.4. The molecule has 4 aliphatic heterocycles. The quantitative estimate of drug-likeness (QED) is 0.142. The Morgan fingerprint density at radius 3 is 1.80 bits per heavy atom. The van der Waals surface area contributed by atoms with Gasteiger partial charge in [-0.15, -0.1) is 0 Å². The molecule has 0 N–H and O–H groups in total. The molecule has 60 heavy (non-hydrogen) atoms. The van der Waals surface area contributed by atoms with Gasteiger partial charge in [-0.05, 0) is 128 Å². The number of hydrogen-bond acceptors (Lipinski definition) is 2. The maximum atomic E-state index is 2.79. The highest BCUT2D eigenvalue weighted by atomic mass is 15.2. The van der Waals surface area contributed by atoms with Crippen LogP contribution in [0.5, 0.6) is 0 Å². The molecule has 7 aromatic carbocycles. The standard InChI is InChI=1S/C57H39BN2/c1-34-32-51-53-52(33-34)60-50-31-13-11-25-44(50)57(41-22-8-4-18-37(41)38-19-5-9-23-42(38)57)46-27-15-29-48(55(46)60)58(53)47-28-14-26-45-54(47)59(51)49-30-12-10-24-43(49)56(45)39-20-6-2-16-35(39)36-17-3-7-21-40(36)56/h2-8,10-22,24-31,33,51H,9,23,32H2,1H3. The largest absolute Gasteiger partial charge is 0.334 e. The maximum absolute atomic E-state index is 2.79. The summed E-state index contributed by atoms with van der Waals surface area (Å²) in [4.78, 5) is 5.50. The predicted molar refractivity (Wildman–Crippen MR) is 247 cm³/mol. The van der Waals surface area contributed by atoms with E-state index in [1.165, 1.54) is 112 Å². The summed E-state index contributed by atoms with van der Waals surface area (Å²) < 4.78 is 0. The monoisotopic (exact) mass is 762 g/mol. The van der Waals surface area contributed by atoms with Crippen molar-refractivity contribution >= 4 is 46.0 Å². The van der Waals surface area contributed by atoms with Gasteiger partial charge < -0.3 is 9.80 Å². The Hall–Kier alpha value is -6.84. The number of nitrogens with zero attached hydrogens (tertiary/aromatic N) is 2. The molecule has 8 aliphatic rings. The van der Waals surface area contributed by atoms with Crippen LogP contribution in [0.3, 0.4) is 0 Å². The minimum Gasteiger partial charge on any atom is -0.334 e. The third kappa shape index (κ3) is 3.38. The van der Waals surface area contributed by atoms with Crippen LogP contribution in [0.25, 0.3) is 16.7 Å². The topological polar surface area (TPSA) is 6.48 Å². The number of benzene rings is 7. The molecular weight excluding hydrogens is 723 g/mol. The first-order valence-electron chi connectivity index (χ1n) is 21.9. The van der Waals surface area contributed by atoms with Crippen LogP contribution in [0.15, 0.2) is 198 Å². The molecule has 0 saturated heterocycles. The molecule has 4 aliphatic carbocycles. The summed E-state index contributed by atoms with van der Waals surface area (Å²) in [6.07, 6.45) is 10.5. The summed E-state index contributed by atoms with van der Waals surface area (Å²) in [5.41, 5.74) is 28.7. The number of allylic oxidation sites excluding steroid dienone is 5. The summed E-state index contributed by atoms with van der Waals surface area (Å²) in [5, 5.41) is 0. The average molecular weight is 763 g/mol. The Bertz CT molecular complexity index is 3260. The van der Waals surface area contributed by atoms with Crippen LogP contribution >= 0.6 is 0 Å². The van der Waals surface area contributed by atoms with Crippen molar-refractivity contribution in [2.75, 3.05) is 9.80 Å². The van der Waals surface area contributed by atoms with Crippen LogP contribution < -0.4 is 20.7 Å². The molecule has 2 spiro atoms. The Morgan fingerprint density at radius 2 is 1.08 bits per heavy atom. The molecule has 0 amide bonds. The van der Waals surface area contributed by atoms with E-state index in [9.17, 15) is 0 Å². The summed E-state index contributed by atoms with van der Waals surface area (Å²) in [6, 6.07) is 61.4. The van der Waals surface area contributed by atoms with Crippen molar-refractivity contribution in [2.45, 2.75) is 43.1 Å². The van der Waals surface area contributed by atoms with Gasteiger partial charge in [0, 0.05) is 22.8 Å². The Kier molecular flexibility index (Phi) is 5.80. The Balaban J connectivity index is 1.09. The normalized spacial score (nSPS) is 21.7. The van der Waals surface area contributed by atoms with Crippen molar-refractivity contribution in [1.29, 1.82) is 0 Å². The second kappa shape index (κ2) is 10.9. The van der Waals surface area contributed by atoms with Crippen molar-refractivity contribution in [3.63, 3.8) is 0 Å². The van der Waals surface area contributed by atoms with Crippen LogP contribution in [0.2, 0.25) is 0 Å². The van der Waals surface area contributed by atoms with Crippen molar-refractivity contribution in [1.82, 2.24) is 0 Å². The van der Waals surface area contributed by atoms with Gasteiger partial charge in [-0.25, -0.2) is 0 Å². The number of hydrogen-bond donors (Lipinski definition) is 0. The molecule has 0 aromatic heterocycles. The van der Waals surface area contributed by atoms with E-state index in [-0.39, 0.29) is 18.2 Å². The van der Waals surface area contributed by atoms with Gasteiger partial charge in [0.1, 0.15) is 0 Å². The minimum absolute atomic E-state index is 0.111. The highest BCUT2D eigenvalue weighted by Crippen LogP contribution is 2.67.